The van der Waals surface area contributed by atoms with Crippen molar-refractivity contribution in [1.82, 2.24) is 20.2 Å². The van der Waals surface area contributed by atoms with E-state index in [1.807, 2.05) is 20.8 Å². The molecule has 0 saturated carbocycles. The average Bonchev–Trinajstić information content (AvgIpc) is 2.52. The summed E-state index contributed by atoms with van der Waals surface area (Å²) in [5.41, 5.74) is -0.810. The Labute approximate surface area is 150 Å². The van der Waals surface area contributed by atoms with Crippen LogP contribution < -0.4 is 21.9 Å². The topological polar surface area (TPSA) is 113 Å². The molecule has 140 valence electrons. The summed E-state index contributed by atoms with van der Waals surface area (Å²) in [7, 11) is 0. The first-order chi connectivity index (χ1) is 12.0. The minimum absolute atomic E-state index is 0.247. The van der Waals surface area contributed by atoms with Crippen LogP contribution in [0.5, 0.6) is 0 Å². The van der Waals surface area contributed by atoms with Gasteiger partial charge in [0.2, 0.25) is 5.91 Å². The predicted molar refractivity (Wildman–Crippen MR) is 99.3 cm³/mol. The number of rotatable bonds is 4. The molecule has 3 N–H and O–H groups in total. The summed E-state index contributed by atoms with van der Waals surface area (Å²) >= 11 is 0. The molecule has 26 heavy (non-hydrogen) atoms. The Kier molecular flexibility index (Phi) is 5.34. The van der Waals surface area contributed by atoms with Crippen molar-refractivity contribution in [2.75, 3.05) is 0 Å². The van der Waals surface area contributed by atoms with Crippen LogP contribution in [0.1, 0.15) is 45.0 Å². The fraction of sp³-hybridized carbons (Fsp3) is 0.444. The van der Waals surface area contributed by atoms with Gasteiger partial charge < -0.3 is 15.6 Å². The summed E-state index contributed by atoms with van der Waals surface area (Å²) < 4.78 is 1.08. The fourth-order valence-corrected chi connectivity index (χ4v) is 2.51. The molecule has 1 aromatic carbocycles. The number of aromatic nitrogens is 2. The van der Waals surface area contributed by atoms with Crippen LogP contribution in [-0.4, -0.2) is 32.9 Å². The summed E-state index contributed by atoms with van der Waals surface area (Å²) in [6, 6.07) is 3.69. The Morgan fingerprint density at radius 1 is 1.23 bits per heavy atom. The highest BCUT2D eigenvalue weighted by Crippen LogP contribution is 2.10. The van der Waals surface area contributed by atoms with Crippen LogP contribution in [0.4, 0.5) is 0 Å². The van der Waals surface area contributed by atoms with Gasteiger partial charge in [-0.2, -0.15) is 0 Å². The fourth-order valence-electron chi connectivity index (χ4n) is 2.51. The molecule has 2 rings (SSSR count). The number of carbonyl (C=O) groups excluding carboxylic acids is 2. The van der Waals surface area contributed by atoms with Gasteiger partial charge in [0, 0.05) is 17.6 Å². The minimum Gasteiger partial charge on any atom is -0.350 e. The summed E-state index contributed by atoms with van der Waals surface area (Å²) in [4.78, 5) is 51.2. The smallest absolute Gasteiger partial charge is 0.328 e. The third kappa shape index (κ3) is 4.19. The van der Waals surface area contributed by atoms with Crippen LogP contribution in [-0.2, 0) is 11.3 Å². The second-order valence-corrected chi connectivity index (χ2v) is 7.17. The Bertz CT molecular complexity index is 966. The zero-order chi connectivity index (χ0) is 19.6. The Hall–Kier alpha value is -2.90. The van der Waals surface area contributed by atoms with Crippen LogP contribution >= 0.6 is 0 Å². The zero-order valence-electron chi connectivity index (χ0n) is 15.6. The highest BCUT2D eigenvalue weighted by Gasteiger charge is 2.21. The second kappa shape index (κ2) is 7.15. The van der Waals surface area contributed by atoms with Gasteiger partial charge in [0.05, 0.1) is 10.9 Å². The van der Waals surface area contributed by atoms with Crippen LogP contribution in [0.3, 0.4) is 0 Å². The number of H-pyrrole nitrogens is 1. The molecule has 1 heterocycles. The molecule has 2 aromatic rings. The number of amides is 2. The van der Waals surface area contributed by atoms with E-state index >= 15 is 0 Å². The first-order valence-corrected chi connectivity index (χ1v) is 8.43. The molecule has 1 atom stereocenters. The van der Waals surface area contributed by atoms with Crippen molar-refractivity contribution in [2.45, 2.75) is 52.7 Å². The third-order valence-corrected chi connectivity index (χ3v) is 3.80. The van der Waals surface area contributed by atoms with Crippen LogP contribution in [0.15, 0.2) is 27.8 Å². The number of benzene rings is 1. The SMILES string of the molecule is CCn1c(=O)[nH]c2cc(C(=O)NC(C)C(=O)NC(C)(C)C)ccc2c1=O. The molecule has 0 spiro atoms. The average molecular weight is 360 g/mol. The van der Waals surface area contributed by atoms with Crippen LogP contribution in [0.2, 0.25) is 0 Å². The molecule has 2 amide bonds. The molecule has 0 aliphatic rings. The first-order valence-electron chi connectivity index (χ1n) is 8.43. The van der Waals surface area contributed by atoms with E-state index in [2.05, 4.69) is 15.6 Å². The van der Waals surface area contributed by atoms with Gasteiger partial charge in [-0.25, -0.2) is 4.79 Å². The number of carbonyl (C=O) groups is 2. The minimum atomic E-state index is -0.732. The lowest BCUT2D eigenvalue weighted by Crippen LogP contribution is -2.50. The molecule has 0 bridgehead atoms. The Balaban J connectivity index is 2.27. The van der Waals surface area contributed by atoms with E-state index in [9.17, 15) is 19.2 Å². The summed E-state index contributed by atoms with van der Waals surface area (Å²) in [6.07, 6.45) is 0. The number of fused-ring (bicyclic) bond motifs is 1. The monoisotopic (exact) mass is 360 g/mol. The van der Waals surface area contributed by atoms with E-state index in [1.165, 1.54) is 18.2 Å². The highest BCUT2D eigenvalue weighted by molar-refractivity contribution is 6.00. The van der Waals surface area contributed by atoms with Crippen LogP contribution in [0.25, 0.3) is 10.9 Å². The van der Waals surface area contributed by atoms with Crippen molar-refractivity contribution in [3.8, 4) is 0 Å². The molecule has 0 saturated heterocycles. The van der Waals surface area contributed by atoms with Crippen molar-refractivity contribution in [1.29, 1.82) is 0 Å². The molecule has 1 aromatic heterocycles. The van der Waals surface area contributed by atoms with Gasteiger partial charge in [-0.05, 0) is 52.8 Å². The van der Waals surface area contributed by atoms with Gasteiger partial charge >= 0.3 is 5.69 Å². The predicted octanol–water partition coefficient (Wildman–Crippen LogP) is 0.743. The van der Waals surface area contributed by atoms with Gasteiger partial charge in [0.15, 0.2) is 0 Å². The third-order valence-electron chi connectivity index (χ3n) is 3.80. The molecule has 0 aliphatic heterocycles. The maximum atomic E-state index is 12.4. The molecule has 1 unspecified atom stereocenters. The van der Waals surface area contributed by atoms with E-state index in [0.29, 0.717) is 5.39 Å². The van der Waals surface area contributed by atoms with Crippen molar-refractivity contribution in [3.63, 3.8) is 0 Å². The van der Waals surface area contributed by atoms with E-state index in [-0.39, 0.29) is 23.5 Å². The lowest BCUT2D eigenvalue weighted by Gasteiger charge is -2.23. The largest absolute Gasteiger partial charge is 0.350 e. The van der Waals surface area contributed by atoms with Gasteiger partial charge in [0.1, 0.15) is 6.04 Å². The van der Waals surface area contributed by atoms with Crippen molar-refractivity contribution in [2.24, 2.45) is 0 Å². The van der Waals surface area contributed by atoms with E-state index in [1.54, 1.807) is 13.8 Å². The lowest BCUT2D eigenvalue weighted by molar-refractivity contribution is -0.124. The van der Waals surface area contributed by atoms with Gasteiger partial charge in [-0.15, -0.1) is 0 Å². The lowest BCUT2D eigenvalue weighted by atomic mass is 10.1. The first kappa shape index (κ1) is 19.4. The van der Waals surface area contributed by atoms with Gasteiger partial charge in [-0.1, -0.05) is 0 Å². The van der Waals surface area contributed by atoms with Crippen molar-refractivity contribution in [3.05, 3.63) is 44.6 Å². The standard InChI is InChI=1S/C18H24N4O4/c1-6-22-16(25)12-8-7-11(9-13(12)20-17(22)26)15(24)19-10(2)14(23)21-18(3,4)5/h7-10H,6H2,1-5H3,(H,19,24)(H,20,26)(H,21,23). The van der Waals surface area contributed by atoms with Crippen LogP contribution in [0, 0.1) is 0 Å². The highest BCUT2D eigenvalue weighted by atomic mass is 16.2. The normalized spacial score (nSPS) is 12.7. The Morgan fingerprint density at radius 2 is 1.88 bits per heavy atom. The maximum absolute atomic E-state index is 12.4. The van der Waals surface area contributed by atoms with E-state index in [0.717, 1.165) is 4.57 Å². The number of nitrogens with one attached hydrogen (secondary N) is 3. The van der Waals surface area contributed by atoms with Gasteiger partial charge in [-0.3, -0.25) is 19.0 Å². The molecular weight excluding hydrogens is 336 g/mol. The number of nitrogens with zero attached hydrogens (tertiary/aromatic N) is 1. The summed E-state index contributed by atoms with van der Waals surface area (Å²) in [5.74, 6) is -0.769. The van der Waals surface area contributed by atoms with E-state index < -0.39 is 28.7 Å². The molecular formula is C18H24N4O4. The van der Waals surface area contributed by atoms with E-state index in [4.69, 9.17) is 0 Å². The molecule has 8 nitrogen and oxygen atoms in total. The molecule has 0 fully saturated rings. The number of aromatic amines is 1. The van der Waals surface area contributed by atoms with Crippen molar-refractivity contribution >= 4 is 22.7 Å². The maximum Gasteiger partial charge on any atom is 0.328 e. The van der Waals surface area contributed by atoms with Crippen molar-refractivity contribution < 1.29 is 9.59 Å². The Morgan fingerprint density at radius 3 is 2.46 bits per heavy atom. The number of hydrogen-bond acceptors (Lipinski definition) is 4. The summed E-state index contributed by atoms with van der Waals surface area (Å²) in [6.45, 7) is 9.09. The second-order valence-electron chi connectivity index (χ2n) is 7.17. The molecule has 0 radical (unpaired) electrons. The summed E-state index contributed by atoms with van der Waals surface area (Å²) in [5, 5.41) is 5.72. The molecule has 0 aliphatic carbocycles. The van der Waals surface area contributed by atoms with Gasteiger partial charge in [0.25, 0.3) is 11.5 Å². The molecule has 8 heteroatoms. The quantitative estimate of drug-likeness (QED) is 0.746. The zero-order valence-corrected chi connectivity index (χ0v) is 15.6. The number of hydrogen-bond donors (Lipinski definition) is 3.